The number of carbonyl (C=O) groups is 4. The monoisotopic (exact) mass is 2310 g/mol. The Bertz CT molecular complexity index is 2340. The highest BCUT2D eigenvalue weighted by Crippen LogP contribution is 2.40. The lowest BCUT2D eigenvalue weighted by Crippen LogP contribution is -2.60. The zero-order valence-electron chi connectivity index (χ0n) is 110. The van der Waals surface area contributed by atoms with E-state index in [0.29, 0.717) is 45.8 Å². The summed E-state index contributed by atoms with van der Waals surface area (Å²) in [6.07, 6.45) is 16.1. The van der Waals surface area contributed by atoms with Crippen LogP contribution in [0.2, 0.25) is 36.3 Å². The summed E-state index contributed by atoms with van der Waals surface area (Å²) in [6, 6.07) is 4.84. The van der Waals surface area contributed by atoms with Gasteiger partial charge in [-0.1, -0.05) is 281 Å². The van der Waals surface area contributed by atoms with Crippen LogP contribution in [0.5, 0.6) is 0 Å². The van der Waals surface area contributed by atoms with Crippen molar-refractivity contribution in [3.63, 3.8) is 0 Å². The van der Waals surface area contributed by atoms with E-state index in [4.69, 9.17) is 122 Å². The molecule has 922 valence electrons. The second kappa shape index (κ2) is 163. The Balaban J connectivity index is -0.0000000531. The first-order chi connectivity index (χ1) is 70.9. The molecule has 0 amide bonds. The molecule has 2 aliphatic rings. The Kier molecular flexibility index (Phi) is 226. The van der Waals surface area contributed by atoms with Gasteiger partial charge in [-0.05, 0) is 108 Å². The summed E-state index contributed by atoms with van der Waals surface area (Å²) in [6.45, 7) is 96.6. The van der Waals surface area contributed by atoms with Gasteiger partial charge in [0.05, 0.1) is 19.6 Å². The first kappa shape index (κ1) is 207. The third-order valence-electron chi connectivity index (χ3n) is 19.5. The fraction of sp³-hybridized carbons (Fsp3) is 0.925. The number of nitrogens with two attached hydrogens (primary N) is 1. The molecule has 35 nitrogen and oxygen atoms in total. The zero-order chi connectivity index (χ0) is 125. The normalized spacial score (nSPS) is 12.4. The van der Waals surface area contributed by atoms with Crippen molar-refractivity contribution in [3.05, 3.63) is 25.3 Å². The summed E-state index contributed by atoms with van der Waals surface area (Å²) < 4.78 is 157. The second-order valence-corrected chi connectivity index (χ2v) is 47.7. The smallest absolute Gasteiger partial charge is 0.463 e. The lowest BCUT2D eigenvalue weighted by Gasteiger charge is -2.53. The molecule has 0 saturated carbocycles. The Hall–Kier alpha value is -2.62. The van der Waals surface area contributed by atoms with Crippen LogP contribution in [0.3, 0.4) is 0 Å². The SMILES string of the molecule is C=CC(=O)OC1CC(C)(C)N(C)C(C)(C)C1.C=CCC(=O)OCCOC.CC.CC.CC.CC.CC.CC.CC.CC.CC.CC.CC.CC.CC.CC.CC.CC.CC[Si](OC)(OC)OC.CC[Si](OC)(OC)OC.CC[Si](OC)(OC)OC.COCCOC(=O)CCCCCC[Si](OC)(OC)OC.CO[Si](CCCCCCC(=O)OC1CC(C)(C)N(C)C(C)(C)C1)(OC)OC.CO[Si](CCCN)(OC)OC.O=[Si]=O.O=[Si]=O. The maximum atomic E-state index is 12.3. The molecule has 0 bridgehead atoms. The van der Waals surface area contributed by atoms with E-state index in [-0.39, 0.29) is 64.7 Å². The first-order valence-corrected chi connectivity index (χ1v) is 68.2. The first-order valence-electron chi connectivity index (χ1n) is 55.0. The van der Waals surface area contributed by atoms with Gasteiger partial charge in [0.2, 0.25) is 0 Å². The van der Waals surface area contributed by atoms with Gasteiger partial charge in [-0.25, -0.2) is 4.79 Å². The number of methoxy groups -OCH3 is 2. The van der Waals surface area contributed by atoms with Crippen molar-refractivity contribution in [2.75, 3.05) is 189 Å². The molecule has 0 aromatic rings. The van der Waals surface area contributed by atoms with Crippen LogP contribution in [0.15, 0.2) is 25.3 Å². The van der Waals surface area contributed by atoms with E-state index in [1.165, 1.54) is 12.2 Å². The van der Waals surface area contributed by atoms with E-state index in [9.17, 15) is 19.2 Å². The number of ether oxygens (including phenoxy) is 6. The number of likely N-dealkylation sites (tertiary alicyclic amines) is 2. The molecular weight excluding hydrogens is 2050 g/mol. The summed E-state index contributed by atoms with van der Waals surface area (Å²) in [5.41, 5.74) is 5.52. The number of piperidine rings is 2. The predicted octanol–water partition coefficient (Wildman–Crippen LogP) is 27.2. The molecule has 2 rings (SSSR count). The van der Waals surface area contributed by atoms with E-state index in [0.717, 1.165) is 120 Å². The highest BCUT2D eigenvalue weighted by molar-refractivity contribution is 6.62. The fourth-order valence-electron chi connectivity index (χ4n) is 11.9. The number of hydrogen-bond donors (Lipinski definition) is 1. The number of unbranched alkanes of at least 4 members (excludes halogenated alkanes) is 6. The van der Waals surface area contributed by atoms with Gasteiger partial charge in [-0.15, -0.1) is 6.58 Å². The van der Waals surface area contributed by atoms with Crippen LogP contribution in [0, 0.1) is 0 Å². The van der Waals surface area contributed by atoms with Gasteiger partial charge in [0.1, 0.15) is 25.4 Å². The Labute approximate surface area is 936 Å². The lowest BCUT2D eigenvalue weighted by atomic mass is 9.79. The van der Waals surface area contributed by atoms with Crippen LogP contribution in [-0.2, 0) is 145 Å². The van der Waals surface area contributed by atoms with E-state index in [2.05, 4.69) is 102 Å². The molecule has 0 radical (unpaired) electrons. The van der Waals surface area contributed by atoms with Gasteiger partial charge in [-0.3, -0.25) is 42.0 Å². The lowest BCUT2D eigenvalue weighted by molar-refractivity contribution is -0.159. The molecule has 0 spiro atoms. The molecule has 149 heavy (non-hydrogen) atoms. The summed E-state index contributed by atoms with van der Waals surface area (Å²) >= 11 is 0. The quantitative estimate of drug-likeness (QED) is 0.0148. The molecule has 43 heteroatoms. The topological polar surface area (TPSA) is 391 Å². The third-order valence-corrected chi connectivity index (χ3v) is 36.2. The number of esters is 4. The highest BCUT2D eigenvalue weighted by Gasteiger charge is 2.47. The molecule has 2 saturated heterocycles. The maximum absolute atomic E-state index is 12.3. The molecule has 2 N–H and O–H groups in total. The van der Waals surface area contributed by atoms with Crippen molar-refractivity contribution in [1.29, 1.82) is 0 Å². The molecule has 0 aromatic carbocycles. The molecule has 2 aliphatic heterocycles. The molecule has 0 unspecified atom stereocenters. The standard InChI is InChI=1S/C20H41NO5Si.C13H23NO2.C13H28O6Si.C7H12O3.C6H17NO3Si.3C5H14O3Si.16C2H6.2O2Si/c1-19(2)15-17(16-20(3,4)21(19)5)26-18(22)13-11-9-10-12-14-27(23-6,24-7)25-8;1-7-11(15)16-10-8-12(2,3)14(6)13(4,5)9-10;1-15-10-11-19-13(14)9-7-5-6-8-12-20(16-2,17-3)18-4;1-3-4-7(8)10-6-5-9-2;1-8-11(9-2,10-3)6-4-5-7;3*1-5-9(6-2,7-3)8-4;16*1-2;2*1-3-2/h17H,9-16H2,1-8H3;7,10H,1,8-9H2,2-6H3;5-12H2,1-4H3;3H,1,4-6H2,2H3;4-7H2,1-3H3;3*5H2,1-4H3;16*1-2H3;;. The molecule has 2 fully saturated rings. The minimum Gasteiger partial charge on any atom is -0.463 e. The van der Waals surface area contributed by atoms with Crippen molar-refractivity contribution in [1.82, 2.24) is 9.80 Å². The van der Waals surface area contributed by atoms with Crippen LogP contribution < -0.4 is 5.73 Å². The molecule has 2 heterocycles. The summed E-state index contributed by atoms with van der Waals surface area (Å²) in [5, 5.41) is 0. The predicted molar refractivity (Wildman–Crippen MR) is 643 cm³/mol. The van der Waals surface area contributed by atoms with Crippen molar-refractivity contribution in [2.24, 2.45) is 5.73 Å². The van der Waals surface area contributed by atoms with Crippen LogP contribution in [-0.4, -0.2) is 329 Å². The van der Waals surface area contributed by atoms with Gasteiger partial charge in [0.25, 0.3) is 0 Å². The van der Waals surface area contributed by atoms with Crippen molar-refractivity contribution < 1.29 is 145 Å². The van der Waals surface area contributed by atoms with Crippen molar-refractivity contribution in [3.8, 4) is 0 Å². The van der Waals surface area contributed by atoms with Gasteiger partial charge >= 0.3 is 95.3 Å². The molecule has 0 aliphatic carbocycles. The second-order valence-electron chi connectivity index (χ2n) is 28.2. The summed E-state index contributed by atoms with van der Waals surface area (Å²) in [5.74, 6) is -0.796. The fourth-order valence-corrected chi connectivity index (χ4v) is 21.3. The molecule has 0 aromatic heterocycles. The summed E-state index contributed by atoms with van der Waals surface area (Å²) in [4.78, 5) is 50.1. The number of hydrogen-bond acceptors (Lipinski definition) is 35. The Morgan fingerprint density at radius 1 is 0.295 bits per heavy atom. The van der Waals surface area contributed by atoms with Gasteiger partial charge < -0.3 is 114 Å². The van der Waals surface area contributed by atoms with Crippen LogP contribution in [0.1, 0.15) is 400 Å². The number of nitrogens with zero attached hydrogens (tertiary/aromatic N) is 2. The van der Waals surface area contributed by atoms with E-state index in [1.807, 2.05) is 242 Å². The van der Waals surface area contributed by atoms with Gasteiger partial charge in [-0.2, -0.15) is 0 Å². The Morgan fingerprint density at radius 2 is 0.483 bits per heavy atom. The van der Waals surface area contributed by atoms with Crippen LogP contribution >= 0.6 is 0 Å². The largest absolute Gasteiger partial charge is 0.549 e. The minimum absolute atomic E-state index is 0.00769. The van der Waals surface area contributed by atoms with Crippen molar-refractivity contribution >= 4 is 95.3 Å². The number of rotatable bonds is 49. The van der Waals surface area contributed by atoms with Gasteiger partial charge in [0.15, 0.2) is 0 Å². The molecular formula is C106H259N3O32Si8. The highest BCUT2D eigenvalue weighted by atomic mass is 28.4. The average Bonchev–Trinajstić information content (AvgIpc) is 0.782. The van der Waals surface area contributed by atoms with Crippen LogP contribution in [0.4, 0.5) is 0 Å². The van der Waals surface area contributed by atoms with Gasteiger partial charge in [0, 0.05) is 245 Å². The summed E-state index contributed by atoms with van der Waals surface area (Å²) in [7, 11) is 19.9. The van der Waals surface area contributed by atoms with Crippen LogP contribution in [0.25, 0.3) is 0 Å². The third kappa shape index (κ3) is 129. The van der Waals surface area contributed by atoms with E-state index in [1.54, 1.807) is 142 Å². The molecule has 0 atom stereocenters. The average molecular weight is 2310 g/mol. The zero-order valence-corrected chi connectivity index (χ0v) is 118. The van der Waals surface area contributed by atoms with Crippen molar-refractivity contribution in [2.45, 2.75) is 471 Å². The van der Waals surface area contributed by atoms with E-state index < -0.39 is 71.4 Å². The minimum atomic E-state index is -2.46. The Morgan fingerprint density at radius 3 is 0.658 bits per heavy atom. The number of carbonyl (C=O) groups excluding carboxylic acids is 4. The van der Waals surface area contributed by atoms with E-state index >= 15 is 0 Å². The maximum Gasteiger partial charge on any atom is 0.549 e.